The minimum atomic E-state index is -1.23. The van der Waals surface area contributed by atoms with Crippen molar-refractivity contribution in [3.8, 4) is 6.07 Å². The smallest absolute Gasteiger partial charge is 0.317 e. The van der Waals surface area contributed by atoms with Crippen molar-refractivity contribution in [2.45, 2.75) is 44.9 Å². The van der Waals surface area contributed by atoms with Crippen LogP contribution >= 0.6 is 0 Å². The summed E-state index contributed by atoms with van der Waals surface area (Å²) in [6.45, 7) is -0.0391. The molecule has 0 unspecified atom stereocenters. The maximum atomic E-state index is 10.4. The van der Waals surface area contributed by atoms with Gasteiger partial charge in [-0.2, -0.15) is 5.26 Å². The molecule has 0 radical (unpaired) electrons. The summed E-state index contributed by atoms with van der Waals surface area (Å²) in [4.78, 5) is 20.3. The largest absolute Gasteiger partial charge is 0.481 e. The molecule has 0 aromatic carbocycles. The molecule has 0 bridgehead atoms. The molecule has 1 aliphatic rings. The Bertz CT molecular complexity index is 246. The van der Waals surface area contributed by atoms with E-state index in [4.69, 9.17) is 10.4 Å². The highest BCUT2D eigenvalue weighted by Crippen LogP contribution is 2.15. The Morgan fingerprint density at radius 2 is 1.69 bits per heavy atom. The topological polar surface area (TPSA) is 87.4 Å². The van der Waals surface area contributed by atoms with Crippen molar-refractivity contribution in [1.29, 1.82) is 5.26 Å². The molecule has 1 saturated carbocycles. The van der Waals surface area contributed by atoms with Gasteiger partial charge in [-0.05, 0) is 0 Å². The molecule has 1 fully saturated rings. The zero-order chi connectivity index (χ0) is 12.2. The minimum absolute atomic E-state index is 0.0391. The lowest BCUT2D eigenvalue weighted by Crippen LogP contribution is -2.10. The van der Waals surface area contributed by atoms with E-state index in [1.807, 2.05) is 0 Å². The van der Waals surface area contributed by atoms with Crippen molar-refractivity contribution in [1.82, 2.24) is 0 Å². The third-order valence-electron chi connectivity index (χ3n) is 2.02. The number of carbonyl (C=O) groups is 2. The zero-order valence-electron chi connectivity index (χ0n) is 9.28. The van der Waals surface area contributed by atoms with E-state index in [-0.39, 0.29) is 13.0 Å². The van der Waals surface area contributed by atoms with Crippen LogP contribution in [0.25, 0.3) is 0 Å². The van der Waals surface area contributed by atoms with E-state index in [9.17, 15) is 9.59 Å². The SMILES string of the molecule is C1CCCC1.N#CCCOC(=O)CC(=O)O. The van der Waals surface area contributed by atoms with Crippen LogP contribution in [0, 0.1) is 11.3 Å². The fourth-order valence-corrected chi connectivity index (χ4v) is 1.27. The van der Waals surface area contributed by atoms with Crippen molar-refractivity contribution in [3.63, 3.8) is 0 Å². The molecule has 0 aromatic heterocycles. The van der Waals surface area contributed by atoms with Crippen LogP contribution in [0.5, 0.6) is 0 Å². The van der Waals surface area contributed by atoms with Gasteiger partial charge in [0.15, 0.2) is 0 Å². The molecule has 0 aromatic rings. The number of nitriles is 1. The van der Waals surface area contributed by atoms with E-state index in [2.05, 4.69) is 4.74 Å². The molecule has 0 atom stereocenters. The monoisotopic (exact) mass is 227 g/mol. The molecule has 0 aliphatic heterocycles. The first kappa shape index (κ1) is 14.4. The summed E-state index contributed by atoms with van der Waals surface area (Å²) in [5, 5.41) is 16.1. The lowest BCUT2D eigenvalue weighted by Gasteiger charge is -1.97. The third-order valence-corrected chi connectivity index (χ3v) is 2.02. The summed E-state index contributed by atoms with van der Waals surface area (Å²) in [6.07, 6.45) is 6.94. The van der Waals surface area contributed by atoms with Gasteiger partial charge in [0.1, 0.15) is 13.0 Å². The van der Waals surface area contributed by atoms with Gasteiger partial charge < -0.3 is 9.84 Å². The van der Waals surface area contributed by atoms with E-state index >= 15 is 0 Å². The lowest BCUT2D eigenvalue weighted by atomic mass is 10.4. The van der Waals surface area contributed by atoms with E-state index in [0.717, 1.165) is 0 Å². The highest BCUT2D eigenvalue weighted by molar-refractivity contribution is 5.90. The molecule has 90 valence electrons. The lowest BCUT2D eigenvalue weighted by molar-refractivity contribution is -0.151. The van der Waals surface area contributed by atoms with Crippen LogP contribution < -0.4 is 0 Å². The van der Waals surface area contributed by atoms with Crippen LogP contribution in [-0.2, 0) is 14.3 Å². The predicted molar refractivity (Wildman–Crippen MR) is 56.5 cm³/mol. The minimum Gasteiger partial charge on any atom is -0.481 e. The first-order valence-electron chi connectivity index (χ1n) is 5.41. The molecule has 1 rings (SSSR count). The molecule has 0 amide bonds. The zero-order valence-corrected chi connectivity index (χ0v) is 9.28. The number of carboxylic acids is 1. The van der Waals surface area contributed by atoms with Crippen molar-refractivity contribution >= 4 is 11.9 Å². The van der Waals surface area contributed by atoms with E-state index in [0.29, 0.717) is 0 Å². The first-order valence-corrected chi connectivity index (χ1v) is 5.41. The van der Waals surface area contributed by atoms with Gasteiger partial charge in [0.05, 0.1) is 12.5 Å². The van der Waals surface area contributed by atoms with Gasteiger partial charge in [-0.25, -0.2) is 0 Å². The Balaban J connectivity index is 0.000000368. The van der Waals surface area contributed by atoms with Crippen molar-refractivity contribution in [2.75, 3.05) is 6.61 Å². The second-order valence-electron chi connectivity index (χ2n) is 3.47. The van der Waals surface area contributed by atoms with Gasteiger partial charge in [-0.15, -0.1) is 0 Å². The summed E-state index contributed by atoms with van der Waals surface area (Å²) in [6, 6.07) is 1.75. The maximum Gasteiger partial charge on any atom is 0.317 e. The second-order valence-corrected chi connectivity index (χ2v) is 3.47. The fraction of sp³-hybridized carbons (Fsp3) is 0.727. The van der Waals surface area contributed by atoms with Crippen molar-refractivity contribution < 1.29 is 19.4 Å². The summed E-state index contributed by atoms with van der Waals surface area (Å²) in [5.74, 6) is -2.04. The van der Waals surface area contributed by atoms with Crippen LogP contribution in [0.15, 0.2) is 0 Å². The van der Waals surface area contributed by atoms with Gasteiger partial charge in [0, 0.05) is 0 Å². The molecule has 1 N–H and O–H groups in total. The fourth-order valence-electron chi connectivity index (χ4n) is 1.27. The molecule has 16 heavy (non-hydrogen) atoms. The van der Waals surface area contributed by atoms with Crippen LogP contribution in [0.4, 0.5) is 0 Å². The molecular weight excluding hydrogens is 210 g/mol. The Morgan fingerprint density at radius 3 is 2.06 bits per heavy atom. The summed E-state index contributed by atoms with van der Waals surface area (Å²) >= 11 is 0. The molecule has 1 aliphatic carbocycles. The van der Waals surface area contributed by atoms with Gasteiger partial charge in [0.2, 0.25) is 0 Å². The number of aliphatic carboxylic acids is 1. The summed E-state index contributed by atoms with van der Waals surface area (Å²) < 4.78 is 4.35. The van der Waals surface area contributed by atoms with Crippen LogP contribution in [0.3, 0.4) is 0 Å². The Hall–Kier alpha value is -1.57. The number of ether oxygens (including phenoxy) is 1. The van der Waals surface area contributed by atoms with Gasteiger partial charge in [-0.1, -0.05) is 32.1 Å². The number of rotatable bonds is 4. The maximum absolute atomic E-state index is 10.4. The number of hydrogen-bond donors (Lipinski definition) is 1. The Labute approximate surface area is 95.0 Å². The molecule has 0 saturated heterocycles. The normalized spacial score (nSPS) is 13.2. The average molecular weight is 227 g/mol. The van der Waals surface area contributed by atoms with Gasteiger partial charge in [0.25, 0.3) is 0 Å². The average Bonchev–Trinajstić information content (AvgIpc) is 2.74. The van der Waals surface area contributed by atoms with Crippen LogP contribution in [0.1, 0.15) is 44.9 Å². The molecule has 5 heteroatoms. The Kier molecular flexibility index (Phi) is 8.99. The summed E-state index contributed by atoms with van der Waals surface area (Å²) in [5.41, 5.74) is 0. The molecular formula is C11H17NO4. The van der Waals surface area contributed by atoms with Gasteiger partial charge in [-0.3, -0.25) is 9.59 Å². The van der Waals surface area contributed by atoms with Crippen LogP contribution in [-0.4, -0.2) is 23.7 Å². The predicted octanol–water partition coefficient (Wildman–Crippen LogP) is 1.87. The standard InChI is InChI=1S/C6H7NO4.C5H10/c7-2-1-3-11-6(10)4-5(8)9;1-2-4-5-3-1/h1,3-4H2,(H,8,9);1-5H2. The quantitative estimate of drug-likeness (QED) is 0.450. The number of nitrogens with zero attached hydrogens (tertiary/aromatic N) is 1. The number of carbonyl (C=O) groups excluding carboxylic acids is 1. The van der Waals surface area contributed by atoms with E-state index in [1.165, 1.54) is 32.1 Å². The third kappa shape index (κ3) is 10.5. The highest BCUT2D eigenvalue weighted by atomic mass is 16.5. The number of carboxylic acid groups (broad SMARTS) is 1. The Morgan fingerprint density at radius 1 is 1.19 bits per heavy atom. The van der Waals surface area contributed by atoms with Gasteiger partial charge >= 0.3 is 11.9 Å². The van der Waals surface area contributed by atoms with Crippen LogP contribution in [0.2, 0.25) is 0 Å². The second kappa shape index (κ2) is 9.97. The van der Waals surface area contributed by atoms with Crippen molar-refractivity contribution in [2.24, 2.45) is 0 Å². The van der Waals surface area contributed by atoms with E-state index in [1.54, 1.807) is 6.07 Å². The highest BCUT2D eigenvalue weighted by Gasteiger charge is 2.07. The molecule has 0 spiro atoms. The van der Waals surface area contributed by atoms with E-state index < -0.39 is 18.4 Å². The summed E-state index contributed by atoms with van der Waals surface area (Å²) in [7, 11) is 0. The number of esters is 1. The van der Waals surface area contributed by atoms with Crippen molar-refractivity contribution in [3.05, 3.63) is 0 Å². The molecule has 0 heterocycles. The first-order chi connectivity index (χ1) is 7.66. The molecule has 5 nitrogen and oxygen atoms in total. The number of hydrogen-bond acceptors (Lipinski definition) is 4.